The first kappa shape index (κ1) is 23.8. The Bertz CT molecular complexity index is 1610. The van der Waals surface area contributed by atoms with Crippen LogP contribution < -0.4 is 10.1 Å². The van der Waals surface area contributed by atoms with E-state index in [-0.39, 0.29) is 0 Å². The number of thiocarbonyl (C=S) groups is 1. The number of nitrogens with zero attached hydrogens (tertiary/aromatic N) is 2. The molecule has 2 aromatic heterocycles. The third-order valence-corrected chi connectivity index (χ3v) is 7.81. The number of nitrogens with one attached hydrogen (secondary N) is 1. The van der Waals surface area contributed by atoms with Gasteiger partial charge in [-0.25, -0.2) is 0 Å². The van der Waals surface area contributed by atoms with Crippen molar-refractivity contribution in [2.24, 2.45) is 0 Å². The normalized spacial score (nSPS) is 12.9. The van der Waals surface area contributed by atoms with Crippen molar-refractivity contribution in [2.75, 3.05) is 12.4 Å². The van der Waals surface area contributed by atoms with Crippen LogP contribution in [0.25, 0.3) is 28.0 Å². The molecule has 0 aliphatic carbocycles. The van der Waals surface area contributed by atoms with Crippen molar-refractivity contribution in [3.05, 3.63) is 101 Å². The van der Waals surface area contributed by atoms with E-state index in [1.807, 2.05) is 36.4 Å². The highest BCUT2D eigenvalue weighted by Crippen LogP contribution is 2.40. The predicted octanol–water partition coefficient (Wildman–Crippen LogP) is 8.17. The minimum absolute atomic E-state index is 0.708. The second-order valence-corrected chi connectivity index (χ2v) is 10.4. The molecule has 0 radical (unpaired) electrons. The average molecular weight is 526 g/mol. The molecule has 6 rings (SSSR count). The number of methoxy groups -OCH3 is 1. The molecule has 0 bridgehead atoms. The first-order valence-corrected chi connectivity index (χ1v) is 13.4. The van der Waals surface area contributed by atoms with Crippen LogP contribution in [0.4, 0.5) is 5.69 Å². The Hall–Kier alpha value is -3.54. The Kier molecular flexibility index (Phi) is 6.27. The fourth-order valence-corrected chi connectivity index (χ4v) is 5.86. The maximum atomic E-state index is 6.27. The van der Waals surface area contributed by atoms with E-state index in [2.05, 4.69) is 63.8 Å². The van der Waals surface area contributed by atoms with Crippen LogP contribution in [0.15, 0.2) is 79.0 Å². The third kappa shape index (κ3) is 4.22. The number of para-hydroxylation sites is 1. The zero-order valence-corrected chi connectivity index (χ0v) is 22.5. The van der Waals surface area contributed by atoms with Crippen molar-refractivity contribution >= 4 is 40.1 Å². The van der Waals surface area contributed by atoms with Crippen LogP contribution in [0, 0.1) is 6.92 Å². The zero-order valence-electron chi connectivity index (χ0n) is 20.9. The molecular weight excluding hydrogens is 498 g/mol. The maximum Gasteiger partial charge on any atom is 0.128 e. The van der Waals surface area contributed by atoms with E-state index in [0.29, 0.717) is 4.99 Å². The van der Waals surface area contributed by atoms with E-state index >= 15 is 0 Å². The number of imidazole rings is 1. The fraction of sp³-hybridized carbons (Fsp3) is 0.194. The smallest absolute Gasteiger partial charge is 0.128 e. The van der Waals surface area contributed by atoms with Crippen molar-refractivity contribution in [3.8, 4) is 28.1 Å². The summed E-state index contributed by atoms with van der Waals surface area (Å²) < 4.78 is 10.2. The minimum Gasteiger partial charge on any atom is -0.497 e. The van der Waals surface area contributed by atoms with E-state index in [1.54, 1.807) is 7.11 Å². The van der Waals surface area contributed by atoms with Gasteiger partial charge in [-0.05, 0) is 85.3 Å². The summed E-state index contributed by atoms with van der Waals surface area (Å²) in [5.41, 5.74) is 10.4. The van der Waals surface area contributed by atoms with Crippen LogP contribution in [-0.2, 0) is 13.0 Å². The van der Waals surface area contributed by atoms with Gasteiger partial charge in [0, 0.05) is 34.6 Å². The molecule has 0 spiro atoms. The maximum absolute atomic E-state index is 6.27. The molecule has 0 unspecified atom stereocenters. The topological polar surface area (TPSA) is 30.6 Å². The molecule has 1 aliphatic rings. The fourth-order valence-electron chi connectivity index (χ4n) is 5.42. The van der Waals surface area contributed by atoms with Crippen LogP contribution in [0.2, 0.25) is 5.02 Å². The highest BCUT2D eigenvalue weighted by atomic mass is 35.5. The summed E-state index contributed by atoms with van der Waals surface area (Å²) in [6, 6.07) is 24.7. The van der Waals surface area contributed by atoms with Gasteiger partial charge in [0.25, 0.3) is 0 Å². The lowest BCUT2D eigenvalue weighted by Crippen LogP contribution is -2.14. The largest absolute Gasteiger partial charge is 0.497 e. The van der Waals surface area contributed by atoms with E-state index in [0.717, 1.165) is 64.7 Å². The number of hydrogen-bond donors (Lipinski definition) is 1. The number of halogens is 1. The van der Waals surface area contributed by atoms with E-state index in [1.165, 1.54) is 22.5 Å². The molecule has 186 valence electrons. The molecule has 3 aromatic carbocycles. The number of aromatic nitrogens is 2. The Labute approximate surface area is 227 Å². The predicted molar refractivity (Wildman–Crippen MR) is 157 cm³/mol. The SMILES string of the molecule is COc1ccc(-c2cn3c(C(=S)Nc4ccccc4C)c(-c4ccc(Cl)cc4)c4c3n2CCCC4)cc1. The Morgan fingerprint density at radius 2 is 1.68 bits per heavy atom. The molecule has 4 nitrogen and oxygen atoms in total. The quantitative estimate of drug-likeness (QED) is 0.235. The lowest BCUT2D eigenvalue weighted by molar-refractivity contribution is 0.415. The minimum atomic E-state index is 0.708. The molecular formula is C31H28ClN3OS. The molecule has 0 fully saturated rings. The molecule has 6 heteroatoms. The number of ether oxygens (including phenoxy) is 1. The van der Waals surface area contributed by atoms with Crippen LogP contribution >= 0.6 is 23.8 Å². The number of aryl methyl sites for hydroxylation is 3. The summed E-state index contributed by atoms with van der Waals surface area (Å²) >= 11 is 12.4. The summed E-state index contributed by atoms with van der Waals surface area (Å²) in [6.45, 7) is 3.06. The molecule has 37 heavy (non-hydrogen) atoms. The molecule has 0 saturated heterocycles. The average Bonchev–Trinajstić information content (AvgIpc) is 3.33. The molecule has 1 aliphatic heterocycles. The van der Waals surface area contributed by atoms with Crippen LogP contribution in [0.5, 0.6) is 5.75 Å². The van der Waals surface area contributed by atoms with E-state index < -0.39 is 0 Å². The summed E-state index contributed by atoms with van der Waals surface area (Å²) in [6.07, 6.45) is 5.50. The van der Waals surface area contributed by atoms with Crippen molar-refractivity contribution < 1.29 is 4.74 Å². The van der Waals surface area contributed by atoms with Crippen molar-refractivity contribution in [1.29, 1.82) is 0 Å². The van der Waals surface area contributed by atoms with Gasteiger partial charge in [0.15, 0.2) is 0 Å². The lowest BCUT2D eigenvalue weighted by Gasteiger charge is -2.13. The third-order valence-electron chi connectivity index (χ3n) is 7.26. The van der Waals surface area contributed by atoms with Gasteiger partial charge in [-0.1, -0.05) is 54.2 Å². The molecule has 0 amide bonds. The Morgan fingerprint density at radius 1 is 0.946 bits per heavy atom. The molecule has 5 aromatic rings. The van der Waals surface area contributed by atoms with Gasteiger partial charge in [0.2, 0.25) is 0 Å². The molecule has 3 heterocycles. The zero-order chi connectivity index (χ0) is 25.5. The highest BCUT2D eigenvalue weighted by molar-refractivity contribution is 7.81. The molecule has 0 atom stereocenters. The second-order valence-electron chi connectivity index (χ2n) is 9.52. The van der Waals surface area contributed by atoms with Gasteiger partial charge in [0.05, 0.1) is 18.5 Å². The van der Waals surface area contributed by atoms with Crippen LogP contribution in [0.1, 0.15) is 29.7 Å². The van der Waals surface area contributed by atoms with Crippen molar-refractivity contribution in [3.63, 3.8) is 0 Å². The molecule has 0 saturated carbocycles. The first-order valence-electron chi connectivity index (χ1n) is 12.6. The van der Waals surface area contributed by atoms with Crippen LogP contribution in [0.3, 0.4) is 0 Å². The number of rotatable bonds is 5. The van der Waals surface area contributed by atoms with Gasteiger partial charge in [-0.15, -0.1) is 0 Å². The van der Waals surface area contributed by atoms with Gasteiger partial charge >= 0.3 is 0 Å². The van der Waals surface area contributed by atoms with Gasteiger partial charge < -0.3 is 14.6 Å². The Balaban J connectivity index is 1.60. The highest BCUT2D eigenvalue weighted by Gasteiger charge is 2.28. The first-order chi connectivity index (χ1) is 18.0. The Morgan fingerprint density at radius 3 is 2.41 bits per heavy atom. The molecule has 1 N–H and O–H groups in total. The number of hydrogen-bond acceptors (Lipinski definition) is 2. The van der Waals surface area contributed by atoms with Gasteiger partial charge in [-0.3, -0.25) is 4.40 Å². The van der Waals surface area contributed by atoms with Gasteiger partial charge in [-0.2, -0.15) is 0 Å². The standard InChI is InChI=1S/C31H28ClN3OS/c1-20-7-3-4-9-26(20)33-30(37)29-28(22-10-14-23(32)15-11-22)25-8-5-6-18-34-27(19-35(29)31(25)34)21-12-16-24(36-2)17-13-21/h3-4,7,9-17,19H,5-6,8,18H2,1-2H3,(H,33,37). The van der Waals surface area contributed by atoms with Crippen LogP contribution in [-0.4, -0.2) is 21.1 Å². The lowest BCUT2D eigenvalue weighted by atomic mass is 9.98. The summed E-state index contributed by atoms with van der Waals surface area (Å²) in [5, 5.41) is 4.28. The van der Waals surface area contributed by atoms with E-state index in [4.69, 9.17) is 28.6 Å². The second kappa shape index (κ2) is 9.73. The van der Waals surface area contributed by atoms with Crippen molar-refractivity contribution in [1.82, 2.24) is 8.97 Å². The summed E-state index contributed by atoms with van der Waals surface area (Å²) in [7, 11) is 1.70. The van der Waals surface area contributed by atoms with Gasteiger partial charge in [0.1, 0.15) is 16.4 Å². The number of anilines is 1. The monoisotopic (exact) mass is 525 g/mol. The van der Waals surface area contributed by atoms with E-state index in [9.17, 15) is 0 Å². The van der Waals surface area contributed by atoms with Crippen molar-refractivity contribution in [2.45, 2.75) is 32.7 Å². The summed E-state index contributed by atoms with van der Waals surface area (Å²) in [4.78, 5) is 0.708. The number of benzene rings is 3. The summed E-state index contributed by atoms with van der Waals surface area (Å²) in [5.74, 6) is 0.854.